The Kier molecular flexibility index (Phi) is 6.11. The van der Waals surface area contributed by atoms with Crippen molar-refractivity contribution >= 4 is 29.2 Å². The molecule has 0 aliphatic carbocycles. The molecule has 1 rings (SSSR count). The van der Waals surface area contributed by atoms with Crippen LogP contribution in [0.1, 0.15) is 6.92 Å². The summed E-state index contributed by atoms with van der Waals surface area (Å²) in [7, 11) is 0. The molecule has 0 heterocycles. The first-order valence-corrected chi connectivity index (χ1v) is 5.92. The summed E-state index contributed by atoms with van der Waals surface area (Å²) in [6, 6.07) is 4.82. The highest BCUT2D eigenvalue weighted by Gasteiger charge is 2.09. The predicted octanol–water partition coefficient (Wildman–Crippen LogP) is 1.78. The Morgan fingerprint density at radius 3 is 2.74 bits per heavy atom. The molecule has 0 spiro atoms. The zero-order valence-corrected chi connectivity index (χ0v) is 11.1. The van der Waals surface area contributed by atoms with Gasteiger partial charge < -0.3 is 19.9 Å². The molecule has 6 nitrogen and oxygen atoms in total. The van der Waals surface area contributed by atoms with E-state index in [9.17, 15) is 9.59 Å². The lowest BCUT2D eigenvalue weighted by Gasteiger charge is -2.11. The normalized spacial score (nSPS) is 10.0. The number of nitrogens with one attached hydrogen (secondary N) is 1. The van der Waals surface area contributed by atoms with Crippen molar-refractivity contribution in [3.63, 3.8) is 0 Å². The number of rotatable bonds is 7. The first-order chi connectivity index (χ1) is 9.02. The molecule has 1 aromatic rings. The number of aliphatic carboxylic acids is 1. The van der Waals surface area contributed by atoms with Gasteiger partial charge in [-0.2, -0.15) is 0 Å². The molecular weight excluding hydrogens is 274 g/mol. The molecule has 104 valence electrons. The van der Waals surface area contributed by atoms with Crippen LogP contribution in [-0.4, -0.2) is 36.8 Å². The lowest BCUT2D eigenvalue weighted by molar-refractivity contribution is -0.143. The molecule has 0 aliphatic heterocycles. The molecule has 0 unspecified atom stereocenters. The second-order valence-electron chi connectivity index (χ2n) is 3.51. The molecule has 0 aliphatic rings. The highest BCUT2D eigenvalue weighted by molar-refractivity contribution is 6.31. The fourth-order valence-corrected chi connectivity index (χ4v) is 1.47. The molecule has 1 aromatic carbocycles. The van der Waals surface area contributed by atoms with Crippen molar-refractivity contribution in [3.05, 3.63) is 23.2 Å². The smallest absolute Gasteiger partial charge is 0.329 e. The maximum absolute atomic E-state index is 11.5. The third-order valence-electron chi connectivity index (χ3n) is 1.97. The predicted molar refractivity (Wildman–Crippen MR) is 69.7 cm³/mol. The minimum Gasteiger partial charge on any atom is -0.492 e. The molecule has 0 fully saturated rings. The van der Waals surface area contributed by atoms with Gasteiger partial charge in [0.2, 0.25) is 5.91 Å². The van der Waals surface area contributed by atoms with Crippen LogP contribution in [0.4, 0.5) is 5.69 Å². The molecule has 0 aromatic heterocycles. The molecule has 0 saturated heterocycles. The number of amides is 1. The number of benzene rings is 1. The van der Waals surface area contributed by atoms with E-state index in [0.717, 1.165) is 0 Å². The van der Waals surface area contributed by atoms with E-state index in [1.54, 1.807) is 18.2 Å². The van der Waals surface area contributed by atoms with Crippen LogP contribution < -0.4 is 10.1 Å². The monoisotopic (exact) mass is 287 g/mol. The Labute approximate surface area is 115 Å². The highest BCUT2D eigenvalue weighted by Crippen LogP contribution is 2.27. The SMILES string of the molecule is CCOc1ccc(Cl)cc1NC(=O)COCC(=O)O. The summed E-state index contributed by atoms with van der Waals surface area (Å²) < 4.78 is 10.0. The highest BCUT2D eigenvalue weighted by atomic mass is 35.5. The van der Waals surface area contributed by atoms with Crippen molar-refractivity contribution in [2.75, 3.05) is 25.1 Å². The Balaban J connectivity index is 2.61. The maximum atomic E-state index is 11.5. The number of carbonyl (C=O) groups is 2. The second-order valence-corrected chi connectivity index (χ2v) is 3.94. The van der Waals surface area contributed by atoms with Crippen molar-refractivity contribution in [1.29, 1.82) is 0 Å². The topological polar surface area (TPSA) is 84.9 Å². The summed E-state index contributed by atoms with van der Waals surface area (Å²) in [5, 5.41) is 11.4. The summed E-state index contributed by atoms with van der Waals surface area (Å²) >= 11 is 5.83. The molecule has 1 amide bonds. The average Bonchev–Trinajstić information content (AvgIpc) is 2.32. The van der Waals surface area contributed by atoms with E-state index in [2.05, 4.69) is 10.1 Å². The fraction of sp³-hybridized carbons (Fsp3) is 0.333. The zero-order chi connectivity index (χ0) is 14.3. The largest absolute Gasteiger partial charge is 0.492 e. The van der Waals surface area contributed by atoms with Crippen LogP contribution in [0.2, 0.25) is 5.02 Å². The fourth-order valence-electron chi connectivity index (χ4n) is 1.30. The van der Waals surface area contributed by atoms with Gasteiger partial charge in [-0.15, -0.1) is 0 Å². The average molecular weight is 288 g/mol. The van der Waals surface area contributed by atoms with E-state index >= 15 is 0 Å². The third kappa shape index (κ3) is 5.58. The summed E-state index contributed by atoms with van der Waals surface area (Å²) in [6.45, 7) is 1.38. The van der Waals surface area contributed by atoms with E-state index in [1.807, 2.05) is 6.92 Å². The van der Waals surface area contributed by atoms with Crippen LogP contribution in [0.5, 0.6) is 5.75 Å². The lowest BCUT2D eigenvalue weighted by atomic mass is 10.3. The first-order valence-electron chi connectivity index (χ1n) is 5.54. The van der Waals surface area contributed by atoms with Gasteiger partial charge in [-0.25, -0.2) is 4.79 Å². The van der Waals surface area contributed by atoms with Crippen LogP contribution in [0.3, 0.4) is 0 Å². The van der Waals surface area contributed by atoms with Crippen LogP contribution in [0.25, 0.3) is 0 Å². The number of halogens is 1. The number of anilines is 1. The summed E-state index contributed by atoms with van der Waals surface area (Å²) in [4.78, 5) is 21.8. The number of hydrogen-bond donors (Lipinski definition) is 2. The quantitative estimate of drug-likeness (QED) is 0.798. The minimum atomic E-state index is -1.13. The standard InChI is InChI=1S/C12H14ClNO5/c1-2-19-10-4-3-8(13)5-9(10)14-11(15)6-18-7-12(16)17/h3-5H,2,6-7H2,1H3,(H,14,15)(H,16,17). The van der Waals surface area contributed by atoms with E-state index in [0.29, 0.717) is 23.1 Å². The first kappa shape index (κ1) is 15.3. The number of carbonyl (C=O) groups excluding carboxylic acids is 1. The van der Waals surface area contributed by atoms with Crippen molar-refractivity contribution < 1.29 is 24.2 Å². The molecular formula is C12H14ClNO5. The van der Waals surface area contributed by atoms with Gasteiger partial charge in [0.1, 0.15) is 19.0 Å². The van der Waals surface area contributed by atoms with Crippen molar-refractivity contribution in [3.8, 4) is 5.75 Å². The van der Waals surface area contributed by atoms with Gasteiger partial charge in [0.05, 0.1) is 12.3 Å². The molecule has 2 N–H and O–H groups in total. The number of hydrogen-bond acceptors (Lipinski definition) is 4. The number of carboxylic acid groups (broad SMARTS) is 1. The van der Waals surface area contributed by atoms with Crippen LogP contribution in [0.15, 0.2) is 18.2 Å². The van der Waals surface area contributed by atoms with Gasteiger partial charge in [0.25, 0.3) is 0 Å². The summed E-state index contributed by atoms with van der Waals surface area (Å²) in [6.07, 6.45) is 0. The Morgan fingerprint density at radius 2 is 2.11 bits per heavy atom. The third-order valence-corrected chi connectivity index (χ3v) is 2.21. The van der Waals surface area contributed by atoms with Crippen LogP contribution >= 0.6 is 11.6 Å². The summed E-state index contributed by atoms with van der Waals surface area (Å²) in [5.74, 6) is -1.13. The molecule has 0 saturated carbocycles. The molecule has 0 bridgehead atoms. The van der Waals surface area contributed by atoms with Gasteiger partial charge in [-0.05, 0) is 25.1 Å². The second kappa shape index (κ2) is 7.60. The van der Waals surface area contributed by atoms with Gasteiger partial charge in [0.15, 0.2) is 0 Å². The zero-order valence-electron chi connectivity index (χ0n) is 10.3. The van der Waals surface area contributed by atoms with E-state index in [4.69, 9.17) is 21.4 Å². The lowest BCUT2D eigenvalue weighted by Crippen LogP contribution is -2.21. The summed E-state index contributed by atoms with van der Waals surface area (Å²) in [5.41, 5.74) is 0.415. The molecule has 0 atom stereocenters. The van der Waals surface area contributed by atoms with E-state index in [1.165, 1.54) is 0 Å². The van der Waals surface area contributed by atoms with Gasteiger partial charge in [-0.1, -0.05) is 11.6 Å². The number of carboxylic acids is 1. The van der Waals surface area contributed by atoms with Crippen molar-refractivity contribution in [2.24, 2.45) is 0 Å². The molecule has 19 heavy (non-hydrogen) atoms. The van der Waals surface area contributed by atoms with E-state index in [-0.39, 0.29) is 6.61 Å². The Morgan fingerprint density at radius 1 is 1.37 bits per heavy atom. The van der Waals surface area contributed by atoms with Gasteiger partial charge in [0, 0.05) is 5.02 Å². The molecule has 7 heteroatoms. The van der Waals surface area contributed by atoms with Gasteiger partial charge >= 0.3 is 5.97 Å². The maximum Gasteiger partial charge on any atom is 0.329 e. The molecule has 0 radical (unpaired) electrons. The Hall–Kier alpha value is -1.79. The van der Waals surface area contributed by atoms with Crippen LogP contribution in [-0.2, 0) is 14.3 Å². The number of ether oxygens (including phenoxy) is 2. The van der Waals surface area contributed by atoms with Crippen LogP contribution in [0, 0.1) is 0 Å². The van der Waals surface area contributed by atoms with E-state index < -0.39 is 18.5 Å². The van der Waals surface area contributed by atoms with Crippen molar-refractivity contribution in [1.82, 2.24) is 0 Å². The Bertz CT molecular complexity index is 463. The van der Waals surface area contributed by atoms with Gasteiger partial charge in [-0.3, -0.25) is 4.79 Å². The minimum absolute atomic E-state index is 0.357. The van der Waals surface area contributed by atoms with Crippen molar-refractivity contribution in [2.45, 2.75) is 6.92 Å².